The van der Waals surface area contributed by atoms with E-state index in [2.05, 4.69) is 38.2 Å². The van der Waals surface area contributed by atoms with Crippen LogP contribution in [0.5, 0.6) is 0 Å². The van der Waals surface area contributed by atoms with Crippen molar-refractivity contribution in [3.8, 4) is 0 Å². The van der Waals surface area contributed by atoms with Crippen LogP contribution in [0, 0.1) is 0 Å². The predicted octanol–water partition coefficient (Wildman–Crippen LogP) is 4.72. The Bertz CT molecular complexity index is 356. The van der Waals surface area contributed by atoms with Gasteiger partial charge >= 0.3 is 0 Å². The minimum atomic E-state index is 0.125. The summed E-state index contributed by atoms with van der Waals surface area (Å²) in [4.78, 5) is 11.7. The summed E-state index contributed by atoms with van der Waals surface area (Å²) in [5.74, 6) is 0.707. The molecule has 1 N–H and O–H groups in total. The van der Waals surface area contributed by atoms with Crippen LogP contribution in [0.25, 0.3) is 0 Å². The fourth-order valence-corrected chi connectivity index (χ4v) is 1.89. The minimum absolute atomic E-state index is 0.125. The van der Waals surface area contributed by atoms with Crippen LogP contribution in [0.3, 0.4) is 0 Å². The summed E-state index contributed by atoms with van der Waals surface area (Å²) < 4.78 is 0. The summed E-state index contributed by atoms with van der Waals surface area (Å²) in [6.07, 6.45) is 5.02. The summed E-state index contributed by atoms with van der Waals surface area (Å²) in [6.45, 7) is 6.55. The third kappa shape index (κ3) is 4.91. The molecule has 0 aromatic heterocycles. The van der Waals surface area contributed by atoms with Crippen molar-refractivity contribution in [3.05, 3.63) is 29.8 Å². The number of carbonyl (C=O) groups excluding carboxylic acids is 1. The highest BCUT2D eigenvalue weighted by Gasteiger charge is 2.04. The molecule has 1 aromatic rings. The molecule has 1 unspecified atom stereocenters. The molecule has 0 spiro atoms. The van der Waals surface area contributed by atoms with E-state index in [1.54, 1.807) is 0 Å². The van der Waals surface area contributed by atoms with E-state index in [-0.39, 0.29) is 5.91 Å². The molecule has 2 nitrogen and oxygen atoms in total. The highest BCUT2D eigenvalue weighted by Crippen LogP contribution is 2.20. The second-order valence-corrected chi connectivity index (χ2v) is 4.94. The Morgan fingerprint density at radius 2 is 1.83 bits per heavy atom. The van der Waals surface area contributed by atoms with Gasteiger partial charge in [0.2, 0.25) is 5.91 Å². The van der Waals surface area contributed by atoms with Crippen LogP contribution < -0.4 is 5.32 Å². The number of anilines is 1. The second kappa shape index (κ2) is 7.91. The Morgan fingerprint density at radius 1 is 1.17 bits per heavy atom. The van der Waals surface area contributed by atoms with Gasteiger partial charge in [0.05, 0.1) is 0 Å². The second-order valence-electron chi connectivity index (χ2n) is 4.94. The molecule has 1 atom stereocenters. The molecule has 1 aromatic carbocycles. The van der Waals surface area contributed by atoms with Crippen molar-refractivity contribution in [1.29, 1.82) is 0 Å². The summed E-state index contributed by atoms with van der Waals surface area (Å²) in [6, 6.07) is 8.21. The Morgan fingerprint density at radius 3 is 2.39 bits per heavy atom. The van der Waals surface area contributed by atoms with Crippen molar-refractivity contribution in [1.82, 2.24) is 0 Å². The van der Waals surface area contributed by atoms with Crippen LogP contribution in [-0.2, 0) is 4.79 Å². The average Bonchev–Trinajstić information content (AvgIpc) is 2.39. The van der Waals surface area contributed by atoms with Gasteiger partial charge in [0, 0.05) is 12.1 Å². The molecule has 0 aliphatic carbocycles. The molecule has 1 rings (SSSR count). The smallest absolute Gasteiger partial charge is 0.224 e. The lowest BCUT2D eigenvalue weighted by Gasteiger charge is -2.10. The number of hydrogen-bond donors (Lipinski definition) is 1. The highest BCUT2D eigenvalue weighted by molar-refractivity contribution is 5.90. The predicted molar refractivity (Wildman–Crippen MR) is 77.9 cm³/mol. The van der Waals surface area contributed by atoms with E-state index < -0.39 is 0 Å². The molecule has 0 aliphatic heterocycles. The van der Waals surface area contributed by atoms with Crippen LogP contribution >= 0.6 is 0 Å². The first-order valence-electron chi connectivity index (χ1n) is 7.07. The molecular weight excluding hydrogens is 222 g/mol. The average molecular weight is 247 g/mol. The molecule has 0 saturated carbocycles. The van der Waals surface area contributed by atoms with E-state index in [9.17, 15) is 4.79 Å². The van der Waals surface area contributed by atoms with Crippen LogP contribution in [-0.4, -0.2) is 5.91 Å². The third-order valence-electron chi connectivity index (χ3n) is 3.38. The third-order valence-corrected chi connectivity index (χ3v) is 3.38. The minimum Gasteiger partial charge on any atom is -0.326 e. The van der Waals surface area contributed by atoms with E-state index >= 15 is 0 Å². The molecule has 0 radical (unpaired) electrons. The molecule has 0 heterocycles. The molecule has 0 bridgehead atoms. The standard InChI is InChI=1S/C16H25NO/c1-4-6-7-8-16(18)17-15-11-9-14(10-12-15)13(3)5-2/h9-13H,4-8H2,1-3H3,(H,17,18). The monoisotopic (exact) mass is 247 g/mol. The maximum atomic E-state index is 11.7. The van der Waals surface area contributed by atoms with Crippen LogP contribution in [0.2, 0.25) is 0 Å². The lowest BCUT2D eigenvalue weighted by atomic mass is 9.99. The van der Waals surface area contributed by atoms with Crippen molar-refractivity contribution in [2.75, 3.05) is 5.32 Å². The number of amides is 1. The van der Waals surface area contributed by atoms with E-state index in [1.165, 1.54) is 5.56 Å². The Kier molecular flexibility index (Phi) is 6.48. The summed E-state index contributed by atoms with van der Waals surface area (Å²) in [5.41, 5.74) is 2.24. The zero-order valence-corrected chi connectivity index (χ0v) is 11.8. The Labute approximate surface area is 111 Å². The quantitative estimate of drug-likeness (QED) is 0.694. The molecule has 18 heavy (non-hydrogen) atoms. The summed E-state index contributed by atoms with van der Waals surface area (Å²) in [7, 11) is 0. The lowest BCUT2D eigenvalue weighted by Crippen LogP contribution is -2.11. The van der Waals surface area contributed by atoms with Crippen molar-refractivity contribution >= 4 is 11.6 Å². The maximum Gasteiger partial charge on any atom is 0.224 e. The van der Waals surface area contributed by atoms with Crippen LogP contribution in [0.1, 0.15) is 64.4 Å². The van der Waals surface area contributed by atoms with Gasteiger partial charge in [0.25, 0.3) is 0 Å². The zero-order valence-electron chi connectivity index (χ0n) is 11.8. The number of hydrogen-bond acceptors (Lipinski definition) is 1. The van der Waals surface area contributed by atoms with E-state index in [1.807, 2.05) is 12.1 Å². The van der Waals surface area contributed by atoms with Gasteiger partial charge in [-0.15, -0.1) is 0 Å². The topological polar surface area (TPSA) is 29.1 Å². The molecule has 0 fully saturated rings. The van der Waals surface area contributed by atoms with Crippen molar-refractivity contribution in [3.63, 3.8) is 0 Å². The van der Waals surface area contributed by atoms with Crippen molar-refractivity contribution in [2.24, 2.45) is 0 Å². The van der Waals surface area contributed by atoms with Gasteiger partial charge in [0.15, 0.2) is 0 Å². The number of benzene rings is 1. The highest BCUT2D eigenvalue weighted by atomic mass is 16.1. The lowest BCUT2D eigenvalue weighted by molar-refractivity contribution is -0.116. The number of nitrogens with one attached hydrogen (secondary N) is 1. The summed E-state index contributed by atoms with van der Waals surface area (Å²) >= 11 is 0. The molecule has 1 amide bonds. The van der Waals surface area contributed by atoms with Gasteiger partial charge in [-0.1, -0.05) is 45.7 Å². The van der Waals surface area contributed by atoms with Gasteiger partial charge in [-0.25, -0.2) is 0 Å². The Balaban J connectivity index is 2.45. The van der Waals surface area contributed by atoms with Crippen LogP contribution in [0.4, 0.5) is 5.69 Å². The number of unbranched alkanes of at least 4 members (excludes halogenated alkanes) is 2. The first-order chi connectivity index (χ1) is 8.67. The number of carbonyl (C=O) groups is 1. The SMILES string of the molecule is CCCCCC(=O)Nc1ccc(C(C)CC)cc1. The molecule has 0 aliphatic rings. The van der Waals surface area contributed by atoms with Crippen molar-refractivity contribution < 1.29 is 4.79 Å². The normalized spacial score (nSPS) is 12.2. The molecule has 0 saturated heterocycles. The Hall–Kier alpha value is -1.31. The zero-order chi connectivity index (χ0) is 13.4. The van der Waals surface area contributed by atoms with E-state index in [0.717, 1.165) is 31.4 Å². The molecular formula is C16H25NO. The first-order valence-corrected chi connectivity index (χ1v) is 7.07. The maximum absolute atomic E-state index is 11.7. The van der Waals surface area contributed by atoms with Gasteiger partial charge in [-0.3, -0.25) is 4.79 Å². The van der Waals surface area contributed by atoms with Gasteiger partial charge in [-0.05, 0) is 36.5 Å². The van der Waals surface area contributed by atoms with Gasteiger partial charge < -0.3 is 5.32 Å². The summed E-state index contributed by atoms with van der Waals surface area (Å²) in [5, 5.41) is 2.95. The fourth-order valence-electron chi connectivity index (χ4n) is 1.89. The van der Waals surface area contributed by atoms with Gasteiger partial charge in [0.1, 0.15) is 0 Å². The first kappa shape index (κ1) is 14.7. The van der Waals surface area contributed by atoms with E-state index in [4.69, 9.17) is 0 Å². The van der Waals surface area contributed by atoms with Gasteiger partial charge in [-0.2, -0.15) is 0 Å². The van der Waals surface area contributed by atoms with Crippen molar-refractivity contribution in [2.45, 2.75) is 58.8 Å². The van der Waals surface area contributed by atoms with Crippen LogP contribution in [0.15, 0.2) is 24.3 Å². The molecule has 100 valence electrons. The largest absolute Gasteiger partial charge is 0.326 e. The fraction of sp³-hybridized carbons (Fsp3) is 0.562. The molecule has 2 heteroatoms. The van der Waals surface area contributed by atoms with E-state index in [0.29, 0.717) is 12.3 Å². The number of rotatable bonds is 7.